The van der Waals surface area contributed by atoms with Gasteiger partial charge in [-0.15, -0.1) is 0 Å². The second-order valence-corrected chi connectivity index (χ2v) is 4.76. The van der Waals surface area contributed by atoms with Crippen LogP contribution >= 0.6 is 0 Å². The number of hydroxylamine groups is 1. The van der Waals surface area contributed by atoms with E-state index in [9.17, 15) is 9.59 Å². The van der Waals surface area contributed by atoms with E-state index in [4.69, 9.17) is 4.84 Å². The summed E-state index contributed by atoms with van der Waals surface area (Å²) >= 11 is 0. The molecular formula is C15H23N3O3. The van der Waals surface area contributed by atoms with Crippen LogP contribution in [0.1, 0.15) is 32.3 Å². The minimum Gasteiger partial charge on any atom is -0.354 e. The van der Waals surface area contributed by atoms with E-state index in [1.165, 1.54) is 0 Å². The van der Waals surface area contributed by atoms with Gasteiger partial charge in [0.2, 0.25) is 5.91 Å². The first-order valence-electron chi connectivity index (χ1n) is 7.10. The minimum atomic E-state index is -0.456. The summed E-state index contributed by atoms with van der Waals surface area (Å²) in [6.07, 6.45) is 1.13. The molecule has 21 heavy (non-hydrogen) atoms. The predicted molar refractivity (Wildman–Crippen MR) is 80.3 cm³/mol. The first kappa shape index (κ1) is 17.0. The lowest BCUT2D eigenvalue weighted by atomic mass is 10.2. The summed E-state index contributed by atoms with van der Waals surface area (Å²) < 4.78 is 0. The van der Waals surface area contributed by atoms with E-state index in [0.717, 1.165) is 12.0 Å². The van der Waals surface area contributed by atoms with Gasteiger partial charge in [-0.2, -0.15) is 0 Å². The SMILES string of the molecule is CCC(C)NC(=O)CCNC(=O)NOCc1ccccc1. The van der Waals surface area contributed by atoms with Crippen LogP contribution in [0.3, 0.4) is 0 Å². The molecule has 0 aromatic heterocycles. The second kappa shape index (κ2) is 9.77. The molecule has 116 valence electrons. The molecule has 6 nitrogen and oxygen atoms in total. The number of hydrogen-bond donors (Lipinski definition) is 3. The smallest absolute Gasteiger partial charge is 0.338 e. The third kappa shape index (κ3) is 7.94. The zero-order valence-electron chi connectivity index (χ0n) is 12.5. The largest absolute Gasteiger partial charge is 0.354 e. The molecule has 0 saturated carbocycles. The Morgan fingerprint density at radius 3 is 2.62 bits per heavy atom. The summed E-state index contributed by atoms with van der Waals surface area (Å²) in [5.41, 5.74) is 3.24. The number of benzene rings is 1. The molecule has 0 radical (unpaired) electrons. The van der Waals surface area contributed by atoms with E-state index in [2.05, 4.69) is 16.1 Å². The summed E-state index contributed by atoms with van der Waals surface area (Å²) in [4.78, 5) is 28.0. The molecule has 1 aromatic carbocycles. The molecule has 0 saturated heterocycles. The molecule has 0 aliphatic rings. The van der Waals surface area contributed by atoms with Gasteiger partial charge in [0.25, 0.3) is 0 Å². The van der Waals surface area contributed by atoms with Crippen molar-refractivity contribution in [1.82, 2.24) is 16.1 Å². The molecule has 3 amide bonds. The van der Waals surface area contributed by atoms with Gasteiger partial charge in [-0.1, -0.05) is 37.3 Å². The zero-order valence-corrected chi connectivity index (χ0v) is 12.5. The van der Waals surface area contributed by atoms with Crippen molar-refractivity contribution in [3.8, 4) is 0 Å². The number of rotatable bonds is 8. The number of urea groups is 1. The molecule has 0 aliphatic carbocycles. The first-order valence-corrected chi connectivity index (χ1v) is 7.10. The molecule has 6 heteroatoms. The standard InChI is InChI=1S/C15H23N3O3/c1-3-12(2)17-14(19)9-10-16-15(20)18-21-11-13-7-5-4-6-8-13/h4-8,12H,3,9-11H2,1-2H3,(H,17,19)(H2,16,18,20). The van der Waals surface area contributed by atoms with Crippen LogP contribution in [0.25, 0.3) is 0 Å². The molecular weight excluding hydrogens is 270 g/mol. The highest BCUT2D eigenvalue weighted by Crippen LogP contribution is 1.98. The monoisotopic (exact) mass is 293 g/mol. The first-order chi connectivity index (χ1) is 10.1. The van der Waals surface area contributed by atoms with Crippen LogP contribution in [0, 0.1) is 0 Å². The Morgan fingerprint density at radius 1 is 1.24 bits per heavy atom. The molecule has 3 N–H and O–H groups in total. The maximum absolute atomic E-state index is 11.5. The van der Waals surface area contributed by atoms with E-state index in [1.54, 1.807) is 0 Å². The molecule has 1 aromatic rings. The van der Waals surface area contributed by atoms with E-state index < -0.39 is 6.03 Å². The summed E-state index contributed by atoms with van der Waals surface area (Å²) in [6, 6.07) is 9.21. The molecule has 0 aliphatic heterocycles. The third-order valence-corrected chi connectivity index (χ3v) is 2.90. The number of carbonyl (C=O) groups is 2. The molecule has 0 fully saturated rings. The number of nitrogens with one attached hydrogen (secondary N) is 3. The van der Waals surface area contributed by atoms with Crippen LogP contribution in [0.4, 0.5) is 4.79 Å². The van der Waals surface area contributed by atoms with Crippen molar-refractivity contribution >= 4 is 11.9 Å². The van der Waals surface area contributed by atoms with Crippen LogP contribution in [-0.4, -0.2) is 24.5 Å². The highest BCUT2D eigenvalue weighted by molar-refractivity contribution is 5.78. The summed E-state index contributed by atoms with van der Waals surface area (Å²) in [5, 5.41) is 5.38. The number of hydrogen-bond acceptors (Lipinski definition) is 3. The van der Waals surface area contributed by atoms with Gasteiger partial charge in [0.15, 0.2) is 0 Å². The molecule has 0 heterocycles. The average Bonchev–Trinajstić information content (AvgIpc) is 2.48. The molecule has 1 unspecified atom stereocenters. The third-order valence-electron chi connectivity index (χ3n) is 2.90. The average molecular weight is 293 g/mol. The maximum atomic E-state index is 11.5. The van der Waals surface area contributed by atoms with Crippen molar-refractivity contribution in [1.29, 1.82) is 0 Å². The molecule has 0 spiro atoms. The topological polar surface area (TPSA) is 79.5 Å². The molecule has 0 bridgehead atoms. The highest BCUT2D eigenvalue weighted by atomic mass is 16.7. The Labute approximate surface area is 125 Å². The van der Waals surface area contributed by atoms with E-state index in [0.29, 0.717) is 6.61 Å². The van der Waals surface area contributed by atoms with E-state index in [-0.39, 0.29) is 24.9 Å². The van der Waals surface area contributed by atoms with Gasteiger partial charge in [0, 0.05) is 19.0 Å². The Hall–Kier alpha value is -2.08. The normalized spacial score (nSPS) is 11.5. The fraction of sp³-hybridized carbons (Fsp3) is 0.467. The highest BCUT2D eigenvalue weighted by Gasteiger charge is 2.06. The Balaban J connectivity index is 2.07. The second-order valence-electron chi connectivity index (χ2n) is 4.76. The van der Waals surface area contributed by atoms with E-state index >= 15 is 0 Å². The van der Waals surface area contributed by atoms with Gasteiger partial charge in [0.05, 0.1) is 6.61 Å². The van der Waals surface area contributed by atoms with Crippen LogP contribution in [0.5, 0.6) is 0 Å². The fourth-order valence-electron chi connectivity index (χ4n) is 1.53. The van der Waals surface area contributed by atoms with Crippen molar-refractivity contribution in [2.75, 3.05) is 6.54 Å². The van der Waals surface area contributed by atoms with Crippen molar-refractivity contribution < 1.29 is 14.4 Å². The molecule has 1 rings (SSSR count). The Morgan fingerprint density at radius 2 is 1.95 bits per heavy atom. The van der Waals surface area contributed by atoms with Crippen molar-refractivity contribution in [2.24, 2.45) is 0 Å². The van der Waals surface area contributed by atoms with Crippen molar-refractivity contribution in [3.63, 3.8) is 0 Å². The van der Waals surface area contributed by atoms with Crippen LogP contribution in [0.2, 0.25) is 0 Å². The van der Waals surface area contributed by atoms with Gasteiger partial charge in [-0.3, -0.25) is 9.63 Å². The van der Waals surface area contributed by atoms with Gasteiger partial charge >= 0.3 is 6.03 Å². The Kier molecular flexibility index (Phi) is 7.89. The Bertz CT molecular complexity index is 437. The van der Waals surface area contributed by atoms with Crippen molar-refractivity contribution in [2.45, 2.75) is 39.3 Å². The van der Waals surface area contributed by atoms with Gasteiger partial charge in [-0.25, -0.2) is 10.3 Å². The van der Waals surface area contributed by atoms with E-state index in [1.807, 2.05) is 44.2 Å². The van der Waals surface area contributed by atoms with Gasteiger partial charge in [-0.05, 0) is 18.9 Å². The zero-order chi connectivity index (χ0) is 15.5. The quantitative estimate of drug-likeness (QED) is 0.639. The predicted octanol–water partition coefficient (Wildman–Crippen LogP) is 1.72. The van der Waals surface area contributed by atoms with Crippen LogP contribution in [0.15, 0.2) is 30.3 Å². The van der Waals surface area contributed by atoms with Gasteiger partial charge in [0.1, 0.15) is 0 Å². The lowest BCUT2D eigenvalue weighted by Gasteiger charge is -2.11. The van der Waals surface area contributed by atoms with Crippen molar-refractivity contribution in [3.05, 3.63) is 35.9 Å². The fourth-order valence-corrected chi connectivity index (χ4v) is 1.53. The van der Waals surface area contributed by atoms with Gasteiger partial charge < -0.3 is 10.6 Å². The van der Waals surface area contributed by atoms with Crippen LogP contribution in [-0.2, 0) is 16.2 Å². The summed E-state index contributed by atoms with van der Waals surface area (Å²) in [7, 11) is 0. The molecule has 1 atom stereocenters. The summed E-state index contributed by atoms with van der Waals surface area (Å²) in [6.45, 7) is 4.50. The van der Waals surface area contributed by atoms with Crippen LogP contribution < -0.4 is 16.1 Å². The number of carbonyl (C=O) groups excluding carboxylic acids is 2. The number of amides is 3. The maximum Gasteiger partial charge on any atom is 0.338 e. The lowest BCUT2D eigenvalue weighted by Crippen LogP contribution is -2.39. The minimum absolute atomic E-state index is 0.0742. The lowest BCUT2D eigenvalue weighted by molar-refractivity contribution is -0.121. The summed E-state index contributed by atoms with van der Waals surface area (Å²) in [5.74, 6) is -0.0742.